The quantitative estimate of drug-likeness (QED) is 0.798. The molecular formula is C13H16BrNO2. The molecule has 1 aromatic rings. The zero-order valence-corrected chi connectivity index (χ0v) is 11.7. The third-order valence-corrected chi connectivity index (χ3v) is 3.46. The molecule has 0 atom stereocenters. The van der Waals surface area contributed by atoms with Crippen molar-refractivity contribution in [2.45, 2.75) is 19.4 Å². The number of carbonyl (C=O) groups excluding carboxylic acids is 1. The fraction of sp³-hybridized carbons (Fsp3) is 0.462. The monoisotopic (exact) mass is 297 g/mol. The standard InChI is InChI=1S/C13H16BrNO2/c1-13(2)9-17-7-6-15(13)12(16)10-4-3-5-11(14)8-10/h3-5,8H,6-7,9H2,1-2H3. The molecule has 1 aliphatic heterocycles. The third kappa shape index (κ3) is 2.69. The molecule has 17 heavy (non-hydrogen) atoms. The van der Waals surface area contributed by atoms with Crippen LogP contribution in [-0.2, 0) is 4.74 Å². The van der Waals surface area contributed by atoms with Gasteiger partial charge in [0.1, 0.15) is 0 Å². The molecule has 1 saturated heterocycles. The molecule has 0 bridgehead atoms. The van der Waals surface area contributed by atoms with Crippen molar-refractivity contribution in [1.29, 1.82) is 0 Å². The molecule has 1 amide bonds. The van der Waals surface area contributed by atoms with Crippen LogP contribution in [0.4, 0.5) is 0 Å². The first-order valence-electron chi connectivity index (χ1n) is 5.66. The Labute approximate surface area is 110 Å². The summed E-state index contributed by atoms with van der Waals surface area (Å²) in [5, 5.41) is 0. The van der Waals surface area contributed by atoms with Gasteiger partial charge in [0, 0.05) is 16.6 Å². The van der Waals surface area contributed by atoms with E-state index in [2.05, 4.69) is 15.9 Å². The van der Waals surface area contributed by atoms with Crippen LogP contribution in [0, 0.1) is 0 Å². The Kier molecular flexibility index (Phi) is 3.54. The lowest BCUT2D eigenvalue weighted by atomic mass is 10.0. The van der Waals surface area contributed by atoms with E-state index in [-0.39, 0.29) is 11.4 Å². The highest BCUT2D eigenvalue weighted by atomic mass is 79.9. The molecule has 0 aromatic heterocycles. The maximum atomic E-state index is 12.4. The van der Waals surface area contributed by atoms with E-state index in [1.165, 1.54) is 0 Å². The molecule has 0 radical (unpaired) electrons. The summed E-state index contributed by atoms with van der Waals surface area (Å²) in [4.78, 5) is 14.3. The highest BCUT2D eigenvalue weighted by Gasteiger charge is 2.34. The molecule has 0 spiro atoms. The maximum Gasteiger partial charge on any atom is 0.254 e. The van der Waals surface area contributed by atoms with Crippen molar-refractivity contribution in [1.82, 2.24) is 4.90 Å². The SMILES string of the molecule is CC1(C)COCCN1C(=O)c1cccc(Br)c1. The molecule has 2 rings (SSSR count). The zero-order valence-electron chi connectivity index (χ0n) is 10.1. The van der Waals surface area contributed by atoms with Crippen molar-refractivity contribution < 1.29 is 9.53 Å². The van der Waals surface area contributed by atoms with Gasteiger partial charge in [0.05, 0.1) is 18.8 Å². The summed E-state index contributed by atoms with van der Waals surface area (Å²) in [6.45, 7) is 5.92. The highest BCUT2D eigenvalue weighted by Crippen LogP contribution is 2.22. The molecular weight excluding hydrogens is 282 g/mol. The number of nitrogens with zero attached hydrogens (tertiary/aromatic N) is 1. The Morgan fingerprint density at radius 2 is 2.24 bits per heavy atom. The van der Waals surface area contributed by atoms with Crippen LogP contribution in [0.25, 0.3) is 0 Å². The summed E-state index contributed by atoms with van der Waals surface area (Å²) in [7, 11) is 0. The fourth-order valence-electron chi connectivity index (χ4n) is 2.01. The lowest BCUT2D eigenvalue weighted by Gasteiger charge is -2.42. The van der Waals surface area contributed by atoms with Crippen molar-refractivity contribution in [3.8, 4) is 0 Å². The molecule has 3 nitrogen and oxygen atoms in total. The van der Waals surface area contributed by atoms with Gasteiger partial charge in [-0.1, -0.05) is 22.0 Å². The van der Waals surface area contributed by atoms with Gasteiger partial charge < -0.3 is 9.64 Å². The van der Waals surface area contributed by atoms with Gasteiger partial charge in [0.15, 0.2) is 0 Å². The number of amides is 1. The molecule has 92 valence electrons. The van der Waals surface area contributed by atoms with E-state index in [0.717, 1.165) is 4.47 Å². The Morgan fingerprint density at radius 1 is 1.47 bits per heavy atom. The second-order valence-electron chi connectivity index (χ2n) is 4.83. The average molecular weight is 298 g/mol. The number of rotatable bonds is 1. The number of morpholine rings is 1. The Hall–Kier alpha value is -0.870. The number of hydrogen-bond acceptors (Lipinski definition) is 2. The average Bonchev–Trinajstić information content (AvgIpc) is 2.27. The zero-order chi connectivity index (χ0) is 12.5. The molecule has 4 heteroatoms. The molecule has 0 aliphatic carbocycles. The Morgan fingerprint density at radius 3 is 2.88 bits per heavy atom. The van der Waals surface area contributed by atoms with Crippen LogP contribution in [0.5, 0.6) is 0 Å². The van der Waals surface area contributed by atoms with E-state index in [1.54, 1.807) is 0 Å². The third-order valence-electron chi connectivity index (χ3n) is 2.96. The minimum absolute atomic E-state index is 0.0691. The molecule has 0 unspecified atom stereocenters. The fourth-order valence-corrected chi connectivity index (χ4v) is 2.41. The second kappa shape index (κ2) is 4.78. The minimum Gasteiger partial charge on any atom is -0.377 e. The van der Waals surface area contributed by atoms with Crippen LogP contribution in [0.3, 0.4) is 0 Å². The van der Waals surface area contributed by atoms with E-state index in [0.29, 0.717) is 25.3 Å². The molecule has 1 aliphatic rings. The normalized spacial score (nSPS) is 19.1. The van der Waals surface area contributed by atoms with E-state index in [1.807, 2.05) is 43.0 Å². The van der Waals surface area contributed by atoms with Gasteiger partial charge >= 0.3 is 0 Å². The first kappa shape index (κ1) is 12.6. The lowest BCUT2D eigenvalue weighted by molar-refractivity contribution is -0.0370. The van der Waals surface area contributed by atoms with Crippen molar-refractivity contribution in [2.24, 2.45) is 0 Å². The predicted octanol–water partition coefficient (Wildman–Crippen LogP) is 2.70. The van der Waals surface area contributed by atoms with Crippen molar-refractivity contribution in [3.63, 3.8) is 0 Å². The van der Waals surface area contributed by atoms with E-state index in [4.69, 9.17) is 4.74 Å². The molecule has 1 fully saturated rings. The van der Waals surface area contributed by atoms with Crippen LogP contribution in [-0.4, -0.2) is 36.1 Å². The summed E-state index contributed by atoms with van der Waals surface area (Å²) in [5.41, 5.74) is 0.479. The van der Waals surface area contributed by atoms with Crippen LogP contribution in [0.1, 0.15) is 24.2 Å². The summed E-state index contributed by atoms with van der Waals surface area (Å²) >= 11 is 3.39. The number of halogens is 1. The first-order valence-corrected chi connectivity index (χ1v) is 6.45. The van der Waals surface area contributed by atoms with Crippen molar-refractivity contribution >= 4 is 21.8 Å². The number of benzene rings is 1. The molecule has 1 aromatic carbocycles. The van der Waals surface area contributed by atoms with Gasteiger partial charge in [-0.05, 0) is 32.0 Å². The maximum absolute atomic E-state index is 12.4. The largest absolute Gasteiger partial charge is 0.377 e. The van der Waals surface area contributed by atoms with Gasteiger partial charge in [0.25, 0.3) is 5.91 Å². The van der Waals surface area contributed by atoms with E-state index >= 15 is 0 Å². The number of carbonyl (C=O) groups is 1. The topological polar surface area (TPSA) is 29.5 Å². The van der Waals surface area contributed by atoms with Gasteiger partial charge in [-0.2, -0.15) is 0 Å². The van der Waals surface area contributed by atoms with Gasteiger partial charge in [-0.3, -0.25) is 4.79 Å². The highest BCUT2D eigenvalue weighted by molar-refractivity contribution is 9.10. The van der Waals surface area contributed by atoms with E-state index < -0.39 is 0 Å². The number of hydrogen-bond donors (Lipinski definition) is 0. The van der Waals surface area contributed by atoms with Crippen LogP contribution < -0.4 is 0 Å². The summed E-state index contributed by atoms with van der Waals surface area (Å²) < 4.78 is 6.35. The Bertz CT molecular complexity index is 431. The lowest BCUT2D eigenvalue weighted by Crippen LogP contribution is -2.55. The van der Waals surface area contributed by atoms with Crippen LogP contribution in [0.2, 0.25) is 0 Å². The van der Waals surface area contributed by atoms with Gasteiger partial charge in [-0.25, -0.2) is 0 Å². The molecule has 0 saturated carbocycles. The van der Waals surface area contributed by atoms with Crippen molar-refractivity contribution in [2.75, 3.05) is 19.8 Å². The van der Waals surface area contributed by atoms with Crippen LogP contribution in [0.15, 0.2) is 28.7 Å². The second-order valence-corrected chi connectivity index (χ2v) is 5.75. The molecule has 0 N–H and O–H groups in total. The summed E-state index contributed by atoms with van der Waals surface area (Å²) in [6, 6.07) is 7.50. The summed E-state index contributed by atoms with van der Waals surface area (Å²) in [6.07, 6.45) is 0. The van der Waals surface area contributed by atoms with Crippen LogP contribution >= 0.6 is 15.9 Å². The summed E-state index contributed by atoms with van der Waals surface area (Å²) in [5.74, 6) is 0.0691. The van der Waals surface area contributed by atoms with Gasteiger partial charge in [0.2, 0.25) is 0 Å². The van der Waals surface area contributed by atoms with E-state index in [9.17, 15) is 4.79 Å². The Balaban J connectivity index is 2.25. The number of ether oxygens (including phenoxy) is 1. The smallest absolute Gasteiger partial charge is 0.254 e. The predicted molar refractivity (Wildman–Crippen MR) is 70.1 cm³/mol. The first-order chi connectivity index (χ1) is 8.00. The van der Waals surface area contributed by atoms with Gasteiger partial charge in [-0.15, -0.1) is 0 Å². The van der Waals surface area contributed by atoms with Crippen molar-refractivity contribution in [3.05, 3.63) is 34.3 Å². The minimum atomic E-state index is -0.238. The molecule has 1 heterocycles.